The standard InChI is InChI=1S/C14H22N2O2S/c1-3-7-16(8-4-2)14(18)11-15-13(17)10-12-6-5-9-19-12/h5-6,9H,3-4,7-8,10-11H2,1-2H3,(H,15,17). The maximum atomic E-state index is 11.9. The number of rotatable bonds is 8. The summed E-state index contributed by atoms with van der Waals surface area (Å²) in [6.45, 7) is 5.71. The van der Waals surface area contributed by atoms with Crippen molar-refractivity contribution in [3.05, 3.63) is 22.4 Å². The average Bonchev–Trinajstić information content (AvgIpc) is 2.88. The minimum absolute atomic E-state index is 0.00299. The highest BCUT2D eigenvalue weighted by atomic mass is 32.1. The van der Waals surface area contributed by atoms with Crippen LogP contribution >= 0.6 is 11.3 Å². The molecule has 1 aromatic rings. The van der Waals surface area contributed by atoms with Gasteiger partial charge in [0, 0.05) is 18.0 Å². The number of nitrogens with zero attached hydrogens (tertiary/aromatic N) is 1. The lowest BCUT2D eigenvalue weighted by molar-refractivity contribution is -0.132. The average molecular weight is 282 g/mol. The van der Waals surface area contributed by atoms with Crippen molar-refractivity contribution in [3.8, 4) is 0 Å². The Morgan fingerprint density at radius 1 is 1.26 bits per heavy atom. The number of hydrogen-bond acceptors (Lipinski definition) is 3. The lowest BCUT2D eigenvalue weighted by atomic mass is 10.3. The first-order valence-electron chi connectivity index (χ1n) is 6.74. The molecule has 2 amide bonds. The molecule has 0 bridgehead atoms. The van der Waals surface area contributed by atoms with Crippen LogP contribution in [0, 0.1) is 0 Å². The maximum Gasteiger partial charge on any atom is 0.241 e. The van der Waals surface area contributed by atoms with Crippen molar-refractivity contribution in [2.45, 2.75) is 33.1 Å². The molecule has 1 aromatic heterocycles. The second-order valence-electron chi connectivity index (χ2n) is 4.41. The SMILES string of the molecule is CCCN(CCC)C(=O)CNC(=O)Cc1cccs1. The van der Waals surface area contributed by atoms with Crippen LogP contribution in [0.4, 0.5) is 0 Å². The normalized spacial score (nSPS) is 10.2. The van der Waals surface area contributed by atoms with E-state index in [1.807, 2.05) is 36.3 Å². The van der Waals surface area contributed by atoms with E-state index in [4.69, 9.17) is 0 Å². The number of amides is 2. The van der Waals surface area contributed by atoms with Crippen molar-refractivity contribution in [1.82, 2.24) is 10.2 Å². The third-order valence-electron chi connectivity index (χ3n) is 2.69. The van der Waals surface area contributed by atoms with Crippen LogP contribution in [0.25, 0.3) is 0 Å². The Balaban J connectivity index is 2.33. The molecule has 4 nitrogen and oxygen atoms in total. The molecule has 1 rings (SSSR count). The van der Waals surface area contributed by atoms with Crippen LogP contribution in [0.15, 0.2) is 17.5 Å². The first-order chi connectivity index (χ1) is 9.17. The van der Waals surface area contributed by atoms with E-state index in [1.165, 1.54) is 0 Å². The fraction of sp³-hybridized carbons (Fsp3) is 0.571. The monoisotopic (exact) mass is 282 g/mol. The summed E-state index contributed by atoms with van der Waals surface area (Å²) in [6.07, 6.45) is 2.23. The van der Waals surface area contributed by atoms with Crippen molar-refractivity contribution in [3.63, 3.8) is 0 Å². The quantitative estimate of drug-likeness (QED) is 0.793. The van der Waals surface area contributed by atoms with Gasteiger partial charge in [-0.3, -0.25) is 9.59 Å². The van der Waals surface area contributed by atoms with Gasteiger partial charge in [-0.05, 0) is 24.3 Å². The van der Waals surface area contributed by atoms with Crippen molar-refractivity contribution >= 4 is 23.2 Å². The molecule has 0 saturated carbocycles. The van der Waals surface area contributed by atoms with Crippen molar-refractivity contribution in [2.75, 3.05) is 19.6 Å². The van der Waals surface area contributed by atoms with Gasteiger partial charge in [0.1, 0.15) is 0 Å². The summed E-state index contributed by atoms with van der Waals surface area (Å²) in [7, 11) is 0. The molecule has 1 heterocycles. The van der Waals surface area contributed by atoms with Crippen molar-refractivity contribution in [2.24, 2.45) is 0 Å². The Bertz CT molecular complexity index is 384. The topological polar surface area (TPSA) is 49.4 Å². The number of thiophene rings is 1. The summed E-state index contributed by atoms with van der Waals surface area (Å²) in [4.78, 5) is 26.5. The van der Waals surface area contributed by atoms with Crippen LogP contribution < -0.4 is 5.32 Å². The van der Waals surface area contributed by atoms with Gasteiger partial charge in [-0.2, -0.15) is 0 Å². The highest BCUT2D eigenvalue weighted by Crippen LogP contribution is 2.08. The Kier molecular flexibility index (Phi) is 7.18. The third kappa shape index (κ3) is 5.87. The van der Waals surface area contributed by atoms with Gasteiger partial charge in [-0.25, -0.2) is 0 Å². The molecular formula is C14H22N2O2S. The van der Waals surface area contributed by atoms with Gasteiger partial charge in [-0.15, -0.1) is 11.3 Å². The summed E-state index contributed by atoms with van der Waals surface area (Å²) >= 11 is 1.55. The molecule has 0 saturated heterocycles. The lowest BCUT2D eigenvalue weighted by Gasteiger charge is -2.21. The van der Waals surface area contributed by atoms with Crippen LogP contribution in [0.5, 0.6) is 0 Å². The van der Waals surface area contributed by atoms with Crippen LogP contribution in [-0.2, 0) is 16.0 Å². The summed E-state index contributed by atoms with van der Waals surface area (Å²) in [5.41, 5.74) is 0. The van der Waals surface area contributed by atoms with E-state index in [-0.39, 0.29) is 18.4 Å². The smallest absolute Gasteiger partial charge is 0.241 e. The van der Waals surface area contributed by atoms with Crippen molar-refractivity contribution in [1.29, 1.82) is 0 Å². The molecule has 0 aromatic carbocycles. The van der Waals surface area contributed by atoms with Gasteiger partial charge in [0.2, 0.25) is 11.8 Å². The van der Waals surface area contributed by atoms with E-state index in [0.717, 1.165) is 30.8 Å². The molecule has 0 radical (unpaired) electrons. The minimum atomic E-state index is -0.0938. The molecular weight excluding hydrogens is 260 g/mol. The van der Waals surface area contributed by atoms with Gasteiger partial charge >= 0.3 is 0 Å². The van der Waals surface area contributed by atoms with Gasteiger partial charge in [-0.1, -0.05) is 19.9 Å². The van der Waals surface area contributed by atoms with Gasteiger partial charge < -0.3 is 10.2 Å². The Labute approximate surface area is 118 Å². The zero-order valence-corrected chi connectivity index (χ0v) is 12.5. The predicted molar refractivity (Wildman–Crippen MR) is 78.2 cm³/mol. The molecule has 5 heteroatoms. The van der Waals surface area contributed by atoms with Crippen LogP contribution in [0.2, 0.25) is 0 Å². The summed E-state index contributed by atoms with van der Waals surface area (Å²) in [6, 6.07) is 3.84. The number of nitrogens with one attached hydrogen (secondary N) is 1. The third-order valence-corrected chi connectivity index (χ3v) is 3.57. The number of carbonyl (C=O) groups is 2. The minimum Gasteiger partial charge on any atom is -0.347 e. The second kappa shape index (κ2) is 8.69. The van der Waals surface area contributed by atoms with E-state index in [9.17, 15) is 9.59 Å². The highest BCUT2D eigenvalue weighted by Gasteiger charge is 2.13. The first kappa shape index (κ1) is 15.7. The number of carbonyl (C=O) groups excluding carboxylic acids is 2. The van der Waals surface area contributed by atoms with Crippen LogP contribution in [-0.4, -0.2) is 36.3 Å². The number of hydrogen-bond donors (Lipinski definition) is 1. The van der Waals surface area contributed by atoms with E-state index in [2.05, 4.69) is 5.32 Å². The molecule has 0 aliphatic heterocycles. The molecule has 0 aliphatic rings. The molecule has 0 atom stereocenters. The van der Waals surface area contributed by atoms with Crippen molar-refractivity contribution < 1.29 is 9.59 Å². The molecule has 0 fully saturated rings. The molecule has 19 heavy (non-hydrogen) atoms. The molecule has 0 spiro atoms. The second-order valence-corrected chi connectivity index (χ2v) is 5.45. The predicted octanol–water partition coefficient (Wildman–Crippen LogP) is 2.06. The van der Waals surface area contributed by atoms with E-state index < -0.39 is 0 Å². The summed E-state index contributed by atoms with van der Waals surface area (Å²) in [5.74, 6) is -0.0908. The van der Waals surface area contributed by atoms with Gasteiger partial charge in [0.15, 0.2) is 0 Å². The van der Waals surface area contributed by atoms with Gasteiger partial charge in [0.25, 0.3) is 0 Å². The Morgan fingerprint density at radius 3 is 2.47 bits per heavy atom. The first-order valence-corrected chi connectivity index (χ1v) is 7.62. The maximum absolute atomic E-state index is 11.9. The molecule has 0 unspecified atom stereocenters. The summed E-state index contributed by atoms with van der Waals surface area (Å²) in [5, 5.41) is 4.64. The zero-order chi connectivity index (χ0) is 14.1. The largest absolute Gasteiger partial charge is 0.347 e. The molecule has 1 N–H and O–H groups in total. The van der Waals surface area contributed by atoms with E-state index >= 15 is 0 Å². The fourth-order valence-corrected chi connectivity index (χ4v) is 2.52. The van der Waals surface area contributed by atoms with Gasteiger partial charge in [0.05, 0.1) is 13.0 Å². The van der Waals surface area contributed by atoms with E-state index in [1.54, 1.807) is 11.3 Å². The zero-order valence-electron chi connectivity index (χ0n) is 11.6. The molecule has 0 aliphatic carbocycles. The fourth-order valence-electron chi connectivity index (χ4n) is 1.82. The van der Waals surface area contributed by atoms with Crippen LogP contribution in [0.3, 0.4) is 0 Å². The van der Waals surface area contributed by atoms with E-state index in [0.29, 0.717) is 6.42 Å². The Hall–Kier alpha value is -1.36. The Morgan fingerprint density at radius 2 is 1.95 bits per heavy atom. The lowest BCUT2D eigenvalue weighted by Crippen LogP contribution is -2.41. The molecule has 106 valence electrons. The summed E-state index contributed by atoms with van der Waals surface area (Å²) < 4.78 is 0. The highest BCUT2D eigenvalue weighted by molar-refractivity contribution is 7.10. The van der Waals surface area contributed by atoms with Crippen LogP contribution in [0.1, 0.15) is 31.6 Å².